The number of ether oxygens (including phenoxy) is 1. The van der Waals surface area contributed by atoms with E-state index in [0.717, 1.165) is 19.3 Å². The highest BCUT2D eigenvalue weighted by atomic mass is 16.6. The second-order valence-electron chi connectivity index (χ2n) is 7.86. The first-order chi connectivity index (χ1) is 11.9. The van der Waals surface area contributed by atoms with Crippen LogP contribution in [0.25, 0.3) is 10.8 Å². The van der Waals surface area contributed by atoms with Gasteiger partial charge >= 0.3 is 6.09 Å². The fourth-order valence-corrected chi connectivity index (χ4v) is 4.25. The number of hydrogen-bond acceptors (Lipinski definition) is 3. The van der Waals surface area contributed by atoms with E-state index < -0.39 is 6.09 Å². The van der Waals surface area contributed by atoms with Crippen molar-refractivity contribution in [3.63, 3.8) is 0 Å². The minimum absolute atomic E-state index is 0.134. The minimum Gasteiger partial charge on any atom is -0.444 e. The van der Waals surface area contributed by atoms with Gasteiger partial charge < -0.3 is 4.74 Å². The Morgan fingerprint density at radius 3 is 2.60 bits per heavy atom. The van der Waals surface area contributed by atoms with Gasteiger partial charge in [0.2, 0.25) is 0 Å². The molecule has 1 saturated carbocycles. The molecule has 1 aliphatic rings. The molecule has 0 aromatic heterocycles. The van der Waals surface area contributed by atoms with E-state index >= 15 is 0 Å². The summed E-state index contributed by atoms with van der Waals surface area (Å²) in [7, 11) is 0. The lowest BCUT2D eigenvalue weighted by Crippen LogP contribution is -2.44. The summed E-state index contributed by atoms with van der Waals surface area (Å²) >= 11 is 0. The molecule has 0 saturated heterocycles. The normalized spacial score (nSPS) is 24.1. The molecule has 0 unspecified atom stereocenters. The van der Waals surface area contributed by atoms with Crippen molar-refractivity contribution < 1.29 is 14.7 Å². The lowest BCUT2D eigenvalue weighted by molar-refractivity contribution is -0.0177. The van der Waals surface area contributed by atoms with E-state index in [-0.39, 0.29) is 17.4 Å². The van der Waals surface area contributed by atoms with Crippen LogP contribution in [0.3, 0.4) is 0 Å². The molecule has 2 N–H and O–H groups in total. The molecule has 1 fully saturated rings. The van der Waals surface area contributed by atoms with E-state index in [2.05, 4.69) is 57.2 Å². The Hall–Kier alpha value is -2.07. The third-order valence-electron chi connectivity index (χ3n) is 5.82. The summed E-state index contributed by atoms with van der Waals surface area (Å²) in [4.78, 5) is 11.6. The van der Waals surface area contributed by atoms with Crippen molar-refractivity contribution in [3.05, 3.63) is 48.0 Å². The molecule has 1 aliphatic carbocycles. The van der Waals surface area contributed by atoms with Gasteiger partial charge in [-0.15, -0.1) is 0 Å². The average molecular weight is 341 g/mol. The van der Waals surface area contributed by atoms with E-state index in [9.17, 15) is 4.79 Å². The summed E-state index contributed by atoms with van der Waals surface area (Å²) in [5.74, 6) is 0.724. The third kappa shape index (κ3) is 3.64. The van der Waals surface area contributed by atoms with Crippen LogP contribution in [0.2, 0.25) is 0 Å². The average Bonchev–Trinajstić information content (AvgIpc) is 2.61. The molecular weight excluding hydrogens is 314 g/mol. The van der Waals surface area contributed by atoms with Gasteiger partial charge in [-0.1, -0.05) is 69.7 Å². The minimum atomic E-state index is -0.765. The lowest BCUT2D eigenvalue weighted by Gasteiger charge is -2.43. The van der Waals surface area contributed by atoms with Crippen molar-refractivity contribution in [2.45, 2.75) is 51.6 Å². The topological polar surface area (TPSA) is 58.6 Å². The van der Waals surface area contributed by atoms with E-state index in [4.69, 9.17) is 9.94 Å². The van der Waals surface area contributed by atoms with E-state index in [0.29, 0.717) is 5.92 Å². The molecule has 2 aromatic rings. The number of rotatable bonds is 3. The molecule has 3 rings (SSSR count). The Kier molecular flexibility index (Phi) is 5.00. The standard InChI is InChI=1S/C21H27NO3/c1-14-8-11-18(19(12-14)25-20(23)22-24)21(2,3)17-10-9-15-6-4-5-7-16(15)13-17/h4-7,9-10,13-14,18-19,24H,8,11-12H2,1-3H3,(H,22,23)/t14-,18-,19-/m0/s1. The Balaban J connectivity index is 1.92. The van der Waals surface area contributed by atoms with Crippen LogP contribution in [0.15, 0.2) is 42.5 Å². The highest BCUT2D eigenvalue weighted by Crippen LogP contribution is 2.44. The quantitative estimate of drug-likeness (QED) is 0.607. The fraction of sp³-hybridized carbons (Fsp3) is 0.476. The van der Waals surface area contributed by atoms with Crippen LogP contribution >= 0.6 is 0 Å². The molecule has 0 bridgehead atoms. The number of amides is 1. The van der Waals surface area contributed by atoms with Gasteiger partial charge in [-0.2, -0.15) is 0 Å². The number of hydrogen-bond donors (Lipinski definition) is 2. The SMILES string of the molecule is C[C@H]1CC[C@H](C(C)(C)c2ccc3ccccc3c2)[C@@H](OC(=O)NO)C1. The molecule has 1 amide bonds. The summed E-state index contributed by atoms with van der Waals surface area (Å²) in [6, 6.07) is 14.9. The Labute approximate surface area is 149 Å². The third-order valence-corrected chi connectivity index (χ3v) is 5.82. The van der Waals surface area contributed by atoms with Gasteiger partial charge in [0.15, 0.2) is 0 Å². The molecule has 134 valence electrons. The number of carbonyl (C=O) groups excluding carboxylic acids is 1. The molecule has 0 aliphatic heterocycles. The first-order valence-corrected chi connectivity index (χ1v) is 9.02. The van der Waals surface area contributed by atoms with Crippen LogP contribution in [-0.4, -0.2) is 17.4 Å². The van der Waals surface area contributed by atoms with Crippen molar-refractivity contribution >= 4 is 16.9 Å². The number of fused-ring (bicyclic) bond motifs is 1. The fourth-order valence-electron chi connectivity index (χ4n) is 4.25. The highest BCUT2D eigenvalue weighted by molar-refractivity contribution is 5.83. The predicted molar refractivity (Wildman–Crippen MR) is 98.7 cm³/mol. The first-order valence-electron chi connectivity index (χ1n) is 9.02. The van der Waals surface area contributed by atoms with Crippen LogP contribution < -0.4 is 5.48 Å². The molecule has 25 heavy (non-hydrogen) atoms. The summed E-state index contributed by atoms with van der Waals surface area (Å²) in [5, 5.41) is 11.3. The van der Waals surface area contributed by atoms with Crippen molar-refractivity contribution in [1.82, 2.24) is 5.48 Å². The second-order valence-corrected chi connectivity index (χ2v) is 7.86. The summed E-state index contributed by atoms with van der Waals surface area (Å²) in [6.07, 6.45) is 2.00. The van der Waals surface area contributed by atoms with Crippen LogP contribution in [0.4, 0.5) is 4.79 Å². The largest absolute Gasteiger partial charge is 0.444 e. The maximum atomic E-state index is 11.6. The van der Waals surface area contributed by atoms with Gasteiger partial charge in [-0.3, -0.25) is 5.21 Å². The lowest BCUT2D eigenvalue weighted by atomic mass is 9.64. The number of carbonyl (C=O) groups is 1. The number of hydroxylamine groups is 1. The molecular formula is C21H27NO3. The summed E-state index contributed by atoms with van der Waals surface area (Å²) < 4.78 is 5.52. The van der Waals surface area contributed by atoms with Crippen LogP contribution in [-0.2, 0) is 10.2 Å². The molecule has 2 aromatic carbocycles. The molecule has 3 atom stereocenters. The zero-order chi connectivity index (χ0) is 18.0. The Bertz CT molecular complexity index is 756. The predicted octanol–water partition coefficient (Wildman–Crippen LogP) is 5.04. The Morgan fingerprint density at radius 2 is 1.88 bits per heavy atom. The van der Waals surface area contributed by atoms with Crippen molar-refractivity contribution in [1.29, 1.82) is 0 Å². The van der Waals surface area contributed by atoms with Gasteiger partial charge in [0.1, 0.15) is 6.10 Å². The van der Waals surface area contributed by atoms with E-state index in [1.54, 1.807) is 5.48 Å². The summed E-state index contributed by atoms with van der Waals surface area (Å²) in [6.45, 7) is 6.64. The van der Waals surface area contributed by atoms with Gasteiger partial charge in [-0.25, -0.2) is 10.3 Å². The molecule has 4 nitrogen and oxygen atoms in total. The van der Waals surface area contributed by atoms with Gasteiger partial charge in [0.25, 0.3) is 0 Å². The zero-order valence-electron chi connectivity index (χ0n) is 15.2. The van der Waals surface area contributed by atoms with E-state index in [1.807, 2.05) is 6.07 Å². The highest BCUT2D eigenvalue weighted by Gasteiger charge is 2.42. The van der Waals surface area contributed by atoms with Gasteiger partial charge in [0, 0.05) is 5.92 Å². The number of benzene rings is 2. The molecule has 0 spiro atoms. The Morgan fingerprint density at radius 1 is 1.16 bits per heavy atom. The van der Waals surface area contributed by atoms with Crippen LogP contribution in [0, 0.1) is 11.8 Å². The summed E-state index contributed by atoms with van der Waals surface area (Å²) in [5.41, 5.74) is 2.72. The maximum Gasteiger partial charge on any atom is 0.431 e. The molecule has 0 heterocycles. The van der Waals surface area contributed by atoms with Gasteiger partial charge in [-0.05, 0) is 40.5 Å². The second kappa shape index (κ2) is 7.04. The molecule has 4 heteroatoms. The van der Waals surface area contributed by atoms with Crippen LogP contribution in [0.5, 0.6) is 0 Å². The zero-order valence-corrected chi connectivity index (χ0v) is 15.2. The maximum absolute atomic E-state index is 11.6. The van der Waals surface area contributed by atoms with Crippen LogP contribution in [0.1, 0.15) is 45.6 Å². The van der Waals surface area contributed by atoms with Crippen molar-refractivity contribution in [3.8, 4) is 0 Å². The number of nitrogens with one attached hydrogen (secondary N) is 1. The van der Waals surface area contributed by atoms with E-state index in [1.165, 1.54) is 16.3 Å². The smallest absolute Gasteiger partial charge is 0.431 e. The molecule has 0 radical (unpaired) electrons. The van der Waals surface area contributed by atoms with Gasteiger partial charge in [0.05, 0.1) is 0 Å². The van der Waals surface area contributed by atoms with Crippen molar-refractivity contribution in [2.75, 3.05) is 0 Å². The van der Waals surface area contributed by atoms with Crippen molar-refractivity contribution in [2.24, 2.45) is 11.8 Å². The monoisotopic (exact) mass is 341 g/mol. The first kappa shape index (κ1) is 17.7.